The molecule has 0 aromatic rings. The predicted octanol–water partition coefficient (Wildman–Crippen LogP) is 2.67. The smallest absolute Gasteiger partial charge is 0.246 e. The molecule has 1 rings (SSSR count). The normalized spacial score (nSPS) is 24.3. The lowest BCUT2D eigenvalue weighted by molar-refractivity contribution is -0.149. The highest BCUT2D eigenvalue weighted by atomic mass is 35.5. The first-order valence-electron chi connectivity index (χ1n) is 7.27. The van der Waals surface area contributed by atoms with Gasteiger partial charge in [-0.1, -0.05) is 38.8 Å². The summed E-state index contributed by atoms with van der Waals surface area (Å²) in [5.41, 5.74) is 2.36. The fourth-order valence-corrected chi connectivity index (χ4v) is 2.58. The number of halogens is 1. The van der Waals surface area contributed by atoms with Gasteiger partial charge in [-0.15, -0.1) is 0 Å². The molecule has 4 nitrogen and oxygen atoms in total. The highest BCUT2D eigenvalue weighted by Crippen LogP contribution is 2.20. The van der Waals surface area contributed by atoms with Crippen LogP contribution in [0.3, 0.4) is 0 Å². The number of nitrogens with one attached hydrogen (secondary N) is 1. The van der Waals surface area contributed by atoms with Crippen molar-refractivity contribution in [1.82, 2.24) is 10.2 Å². The first kappa shape index (κ1) is 17.0. The molecule has 1 saturated heterocycles. The van der Waals surface area contributed by atoms with Crippen molar-refractivity contribution in [3.8, 4) is 0 Å². The van der Waals surface area contributed by atoms with Gasteiger partial charge in [-0.2, -0.15) is 0 Å². The van der Waals surface area contributed by atoms with Crippen LogP contribution in [0.2, 0.25) is 0 Å². The first-order valence-corrected chi connectivity index (χ1v) is 7.71. The summed E-state index contributed by atoms with van der Waals surface area (Å²) in [5, 5.41) is 2.87. The molecule has 1 fully saturated rings. The van der Waals surface area contributed by atoms with Crippen molar-refractivity contribution >= 4 is 23.4 Å². The number of carbonyl (C=O) groups excluding carboxylic acids is 2. The molecule has 2 atom stereocenters. The highest BCUT2D eigenvalue weighted by Gasteiger charge is 2.39. The summed E-state index contributed by atoms with van der Waals surface area (Å²) >= 11 is 5.70. The molecule has 0 radical (unpaired) electrons. The molecule has 0 saturated carbocycles. The van der Waals surface area contributed by atoms with Crippen LogP contribution >= 0.6 is 11.6 Å². The Bertz CT molecular complexity index is 393. The zero-order valence-electron chi connectivity index (χ0n) is 12.8. The zero-order valence-corrected chi connectivity index (χ0v) is 13.5. The summed E-state index contributed by atoms with van der Waals surface area (Å²) in [6, 6.07) is -0.777. The molecular weight excluding hydrogens is 276 g/mol. The monoisotopic (exact) mass is 300 g/mol. The van der Waals surface area contributed by atoms with E-state index in [0.717, 1.165) is 12.0 Å². The minimum atomic E-state index is -0.404. The van der Waals surface area contributed by atoms with Crippen molar-refractivity contribution in [3.05, 3.63) is 11.1 Å². The molecule has 1 N–H and O–H groups in total. The Morgan fingerprint density at radius 3 is 2.60 bits per heavy atom. The van der Waals surface area contributed by atoms with Crippen LogP contribution in [0, 0.1) is 5.92 Å². The molecule has 0 aromatic heterocycles. The largest absolute Gasteiger partial charge is 0.342 e. The Balaban J connectivity index is 2.94. The number of hydrogen-bond donors (Lipinski definition) is 1. The third kappa shape index (κ3) is 4.23. The number of piperazine rings is 1. The van der Waals surface area contributed by atoms with E-state index in [4.69, 9.17) is 11.6 Å². The van der Waals surface area contributed by atoms with E-state index in [1.807, 2.05) is 27.7 Å². The summed E-state index contributed by atoms with van der Waals surface area (Å²) in [4.78, 5) is 26.5. The first-order chi connectivity index (χ1) is 9.40. The molecule has 0 aliphatic carbocycles. The van der Waals surface area contributed by atoms with Gasteiger partial charge in [-0.25, -0.2) is 0 Å². The molecule has 0 aromatic carbocycles. The lowest BCUT2D eigenvalue weighted by Gasteiger charge is -2.39. The molecule has 5 heteroatoms. The fraction of sp³-hybridized carbons (Fsp3) is 0.733. The van der Waals surface area contributed by atoms with Crippen LogP contribution in [0.15, 0.2) is 11.1 Å². The average Bonchev–Trinajstić information content (AvgIpc) is 2.38. The van der Waals surface area contributed by atoms with Gasteiger partial charge in [0.1, 0.15) is 12.1 Å². The summed E-state index contributed by atoms with van der Waals surface area (Å²) in [6.45, 7) is 8.40. The minimum Gasteiger partial charge on any atom is -0.342 e. The predicted molar refractivity (Wildman–Crippen MR) is 81.4 cm³/mol. The Hall–Kier alpha value is -1.03. The second kappa shape index (κ2) is 7.67. The number of rotatable bonds is 6. The third-order valence-electron chi connectivity index (χ3n) is 3.45. The van der Waals surface area contributed by atoms with Crippen molar-refractivity contribution in [2.45, 2.75) is 59.0 Å². The molecule has 2 amide bonds. The Morgan fingerprint density at radius 1 is 1.45 bits per heavy atom. The van der Waals surface area contributed by atoms with Gasteiger partial charge in [0.15, 0.2) is 0 Å². The Morgan fingerprint density at radius 2 is 2.10 bits per heavy atom. The van der Waals surface area contributed by atoms with Crippen LogP contribution < -0.4 is 5.32 Å². The van der Waals surface area contributed by atoms with E-state index < -0.39 is 6.04 Å². The van der Waals surface area contributed by atoms with E-state index in [1.54, 1.807) is 4.90 Å². The summed E-state index contributed by atoms with van der Waals surface area (Å²) < 4.78 is 0. The topological polar surface area (TPSA) is 49.4 Å². The van der Waals surface area contributed by atoms with Gasteiger partial charge in [0, 0.05) is 12.1 Å². The van der Waals surface area contributed by atoms with Crippen LogP contribution in [0.5, 0.6) is 0 Å². The maximum absolute atomic E-state index is 12.6. The summed E-state index contributed by atoms with van der Waals surface area (Å²) in [5.74, 6) is 0.326. The van der Waals surface area contributed by atoms with Crippen LogP contribution in [0.25, 0.3) is 0 Å². The van der Waals surface area contributed by atoms with Gasteiger partial charge >= 0.3 is 0 Å². The molecule has 1 aliphatic heterocycles. The van der Waals surface area contributed by atoms with E-state index in [-0.39, 0.29) is 17.9 Å². The maximum atomic E-state index is 12.6. The van der Waals surface area contributed by atoms with Crippen LogP contribution in [-0.4, -0.2) is 35.3 Å². The van der Waals surface area contributed by atoms with Gasteiger partial charge in [0.05, 0.1) is 0 Å². The van der Waals surface area contributed by atoms with Crippen molar-refractivity contribution in [1.29, 1.82) is 0 Å². The van der Waals surface area contributed by atoms with Crippen LogP contribution in [-0.2, 0) is 9.59 Å². The van der Waals surface area contributed by atoms with Gasteiger partial charge in [-0.05, 0) is 31.3 Å². The molecule has 20 heavy (non-hydrogen) atoms. The number of nitrogens with zero attached hydrogens (tertiary/aromatic N) is 1. The summed E-state index contributed by atoms with van der Waals surface area (Å²) in [6.07, 6.45) is 2.21. The summed E-state index contributed by atoms with van der Waals surface area (Å²) in [7, 11) is 0. The van der Waals surface area contributed by atoms with Gasteiger partial charge < -0.3 is 10.2 Å². The minimum absolute atomic E-state index is 0.00890. The average molecular weight is 301 g/mol. The van der Waals surface area contributed by atoms with E-state index in [1.165, 1.54) is 5.54 Å². The lowest BCUT2D eigenvalue weighted by Crippen LogP contribution is -2.63. The molecule has 1 heterocycles. The van der Waals surface area contributed by atoms with Crippen LogP contribution in [0.4, 0.5) is 0 Å². The molecule has 0 spiro atoms. The Kier molecular flexibility index (Phi) is 6.53. The van der Waals surface area contributed by atoms with Gasteiger partial charge in [0.2, 0.25) is 11.8 Å². The highest BCUT2D eigenvalue weighted by molar-refractivity contribution is 6.25. The van der Waals surface area contributed by atoms with Crippen LogP contribution in [0.1, 0.15) is 47.0 Å². The Labute approximate surface area is 126 Å². The quantitative estimate of drug-likeness (QED) is 0.820. The second-order valence-corrected chi connectivity index (χ2v) is 6.14. The molecule has 1 aliphatic rings. The SMILES string of the molecule is CCCC1C(=O)NC(CC(C)C)C(=O)N1CC(C)=CCl. The number of amides is 2. The van der Waals surface area contributed by atoms with E-state index >= 15 is 0 Å². The van der Waals surface area contributed by atoms with Gasteiger partial charge in [-0.3, -0.25) is 9.59 Å². The van der Waals surface area contributed by atoms with Crippen molar-refractivity contribution in [2.24, 2.45) is 5.92 Å². The third-order valence-corrected chi connectivity index (χ3v) is 3.82. The number of carbonyl (C=O) groups is 2. The molecule has 114 valence electrons. The van der Waals surface area contributed by atoms with Crippen molar-refractivity contribution in [3.63, 3.8) is 0 Å². The van der Waals surface area contributed by atoms with E-state index in [2.05, 4.69) is 5.32 Å². The standard InChI is InChI=1S/C15H25ClN2O2/c1-5-6-13-14(19)17-12(7-10(2)3)15(20)18(13)9-11(4)8-16/h8,10,12-13H,5-7,9H2,1-4H3,(H,17,19). The molecule has 0 bridgehead atoms. The van der Waals surface area contributed by atoms with E-state index in [9.17, 15) is 9.59 Å². The van der Waals surface area contributed by atoms with E-state index in [0.29, 0.717) is 25.3 Å². The van der Waals surface area contributed by atoms with Crippen molar-refractivity contribution in [2.75, 3.05) is 6.54 Å². The number of hydrogen-bond acceptors (Lipinski definition) is 2. The molecule has 2 unspecified atom stereocenters. The maximum Gasteiger partial charge on any atom is 0.246 e. The lowest BCUT2D eigenvalue weighted by atomic mass is 9.96. The zero-order chi connectivity index (χ0) is 15.3. The second-order valence-electron chi connectivity index (χ2n) is 5.92. The van der Waals surface area contributed by atoms with Crippen molar-refractivity contribution < 1.29 is 9.59 Å². The fourth-order valence-electron chi connectivity index (χ4n) is 2.51. The van der Waals surface area contributed by atoms with Gasteiger partial charge in [0.25, 0.3) is 0 Å². The molecular formula is C15H25ClN2O2.